The summed E-state index contributed by atoms with van der Waals surface area (Å²) in [5.74, 6) is 1.21. The molecule has 4 nitrogen and oxygen atoms in total. The number of aliphatic carboxylic acids is 1. The lowest BCUT2D eigenvalue weighted by Gasteiger charge is -2.24. The van der Waals surface area contributed by atoms with Crippen molar-refractivity contribution < 1.29 is 19.4 Å². The van der Waals surface area contributed by atoms with Gasteiger partial charge in [0, 0.05) is 16.7 Å². The van der Waals surface area contributed by atoms with Crippen LogP contribution in [0.25, 0.3) is 0 Å². The molecule has 1 N–H and O–H groups in total. The van der Waals surface area contributed by atoms with E-state index in [-0.39, 0.29) is 0 Å². The van der Waals surface area contributed by atoms with Crippen LogP contribution in [0.15, 0.2) is 6.07 Å². The molecular formula is C16H20O4. The third kappa shape index (κ3) is 1.70. The molecule has 0 amide bonds. The number of hydrogen-bond donors (Lipinski definition) is 1. The van der Waals surface area contributed by atoms with E-state index in [0.717, 1.165) is 23.5 Å². The number of hydrogen-bond acceptors (Lipinski definition) is 3. The molecule has 4 heteroatoms. The maximum Gasteiger partial charge on any atom is 0.310 e. The number of carboxylic acid groups (broad SMARTS) is 1. The first kappa shape index (κ1) is 13.3. The van der Waals surface area contributed by atoms with Crippen LogP contribution in [-0.4, -0.2) is 25.3 Å². The SMILES string of the molecule is COc1cc(C(C)C(=O)O)c(OC)c2c1C1CCC2C1. The lowest BCUT2D eigenvalue weighted by molar-refractivity contribution is -0.138. The van der Waals surface area contributed by atoms with E-state index in [9.17, 15) is 9.90 Å². The second kappa shape index (κ2) is 4.69. The molecule has 2 bridgehead atoms. The zero-order valence-electron chi connectivity index (χ0n) is 12.1. The maximum atomic E-state index is 11.3. The third-order valence-corrected chi connectivity index (χ3v) is 4.86. The molecule has 0 spiro atoms. The summed E-state index contributed by atoms with van der Waals surface area (Å²) in [7, 11) is 3.29. The van der Waals surface area contributed by atoms with Gasteiger partial charge in [-0.3, -0.25) is 4.79 Å². The summed E-state index contributed by atoms with van der Waals surface area (Å²) in [6.45, 7) is 1.69. The Balaban J connectivity index is 2.23. The van der Waals surface area contributed by atoms with E-state index in [1.165, 1.54) is 24.0 Å². The van der Waals surface area contributed by atoms with Gasteiger partial charge in [-0.05, 0) is 44.1 Å². The van der Waals surface area contributed by atoms with E-state index in [0.29, 0.717) is 11.8 Å². The molecule has 3 rings (SSSR count). The van der Waals surface area contributed by atoms with E-state index in [1.807, 2.05) is 6.07 Å². The van der Waals surface area contributed by atoms with Crippen molar-refractivity contribution in [2.24, 2.45) is 0 Å². The van der Waals surface area contributed by atoms with Crippen LogP contribution in [-0.2, 0) is 4.79 Å². The van der Waals surface area contributed by atoms with Gasteiger partial charge in [0.05, 0.1) is 20.1 Å². The molecule has 108 valence electrons. The summed E-state index contributed by atoms with van der Waals surface area (Å²) in [4.78, 5) is 11.3. The topological polar surface area (TPSA) is 55.8 Å². The van der Waals surface area contributed by atoms with E-state index in [1.54, 1.807) is 21.1 Å². The molecule has 1 saturated carbocycles. The first-order chi connectivity index (χ1) is 9.58. The number of methoxy groups -OCH3 is 2. The van der Waals surface area contributed by atoms with Crippen molar-refractivity contribution in [3.63, 3.8) is 0 Å². The molecule has 0 radical (unpaired) electrons. The van der Waals surface area contributed by atoms with Gasteiger partial charge in [0.25, 0.3) is 0 Å². The number of benzene rings is 1. The molecule has 1 aromatic rings. The highest BCUT2D eigenvalue weighted by Gasteiger charge is 2.42. The van der Waals surface area contributed by atoms with Gasteiger partial charge in [-0.1, -0.05) is 0 Å². The normalized spacial score (nSPS) is 24.4. The van der Waals surface area contributed by atoms with Crippen LogP contribution in [0.2, 0.25) is 0 Å². The average molecular weight is 276 g/mol. The van der Waals surface area contributed by atoms with Crippen LogP contribution in [0.5, 0.6) is 11.5 Å². The molecule has 0 heterocycles. The zero-order valence-corrected chi connectivity index (χ0v) is 12.1. The predicted molar refractivity (Wildman–Crippen MR) is 74.9 cm³/mol. The Morgan fingerprint density at radius 1 is 1.25 bits per heavy atom. The van der Waals surface area contributed by atoms with Gasteiger partial charge in [-0.2, -0.15) is 0 Å². The smallest absolute Gasteiger partial charge is 0.310 e. The summed E-state index contributed by atoms with van der Waals surface area (Å²) in [6.07, 6.45) is 3.51. The van der Waals surface area contributed by atoms with Crippen molar-refractivity contribution in [1.82, 2.24) is 0 Å². The van der Waals surface area contributed by atoms with Gasteiger partial charge in [-0.15, -0.1) is 0 Å². The Morgan fingerprint density at radius 2 is 1.90 bits per heavy atom. The number of fused-ring (bicyclic) bond motifs is 5. The molecule has 0 saturated heterocycles. The molecule has 1 aromatic carbocycles. The van der Waals surface area contributed by atoms with E-state index >= 15 is 0 Å². The first-order valence-electron chi connectivity index (χ1n) is 7.09. The van der Waals surface area contributed by atoms with Crippen LogP contribution in [0.3, 0.4) is 0 Å². The zero-order chi connectivity index (χ0) is 14.4. The Hall–Kier alpha value is -1.71. The van der Waals surface area contributed by atoms with Crippen LogP contribution >= 0.6 is 0 Å². The third-order valence-electron chi connectivity index (χ3n) is 4.86. The van der Waals surface area contributed by atoms with E-state index in [4.69, 9.17) is 9.47 Å². The van der Waals surface area contributed by atoms with Gasteiger partial charge in [-0.25, -0.2) is 0 Å². The number of carboxylic acids is 1. The van der Waals surface area contributed by atoms with Crippen molar-refractivity contribution in [2.75, 3.05) is 14.2 Å². The van der Waals surface area contributed by atoms with Crippen molar-refractivity contribution in [3.05, 3.63) is 22.8 Å². The highest BCUT2D eigenvalue weighted by atomic mass is 16.5. The highest BCUT2D eigenvalue weighted by Crippen LogP contribution is 2.60. The maximum absolute atomic E-state index is 11.3. The minimum atomic E-state index is -0.839. The lowest BCUT2D eigenvalue weighted by Crippen LogP contribution is -2.13. The second-order valence-electron chi connectivity index (χ2n) is 5.80. The summed E-state index contributed by atoms with van der Waals surface area (Å²) in [5, 5.41) is 9.30. The highest BCUT2D eigenvalue weighted by molar-refractivity contribution is 5.78. The minimum Gasteiger partial charge on any atom is -0.496 e. The minimum absolute atomic E-state index is 0.500. The standard InChI is InChI=1S/C16H20O4/c1-8(16(17)18)11-7-12(19-2)13-9-4-5-10(6-9)14(13)15(11)20-3/h7-10H,4-6H2,1-3H3,(H,17,18). The molecule has 2 aliphatic rings. The van der Waals surface area contributed by atoms with Crippen molar-refractivity contribution in [1.29, 1.82) is 0 Å². The Labute approximate surface area is 118 Å². The molecule has 0 aromatic heterocycles. The fourth-order valence-corrected chi connectivity index (χ4v) is 3.88. The second-order valence-corrected chi connectivity index (χ2v) is 5.80. The van der Waals surface area contributed by atoms with Gasteiger partial charge in [0.15, 0.2) is 0 Å². The van der Waals surface area contributed by atoms with E-state index in [2.05, 4.69) is 0 Å². The van der Waals surface area contributed by atoms with Crippen LogP contribution < -0.4 is 9.47 Å². The monoisotopic (exact) mass is 276 g/mol. The first-order valence-corrected chi connectivity index (χ1v) is 7.09. The van der Waals surface area contributed by atoms with Crippen LogP contribution in [0.4, 0.5) is 0 Å². The fraction of sp³-hybridized carbons (Fsp3) is 0.562. The quantitative estimate of drug-likeness (QED) is 0.917. The van der Waals surface area contributed by atoms with Gasteiger partial charge < -0.3 is 14.6 Å². The predicted octanol–water partition coefficient (Wildman–Crippen LogP) is 3.26. The van der Waals surface area contributed by atoms with Crippen LogP contribution in [0.1, 0.15) is 60.6 Å². The molecule has 3 unspecified atom stereocenters. The van der Waals surface area contributed by atoms with E-state index < -0.39 is 11.9 Å². The number of ether oxygens (including phenoxy) is 2. The summed E-state index contributed by atoms with van der Waals surface area (Å²) in [5.41, 5.74) is 3.18. The van der Waals surface area contributed by atoms with Gasteiger partial charge in [0.1, 0.15) is 11.5 Å². The molecule has 0 aliphatic heterocycles. The van der Waals surface area contributed by atoms with Crippen molar-refractivity contribution >= 4 is 5.97 Å². The summed E-state index contributed by atoms with van der Waals surface area (Å²) < 4.78 is 11.1. The Bertz CT molecular complexity index is 564. The molecule has 20 heavy (non-hydrogen) atoms. The lowest BCUT2D eigenvalue weighted by atomic mass is 9.86. The average Bonchev–Trinajstić information content (AvgIpc) is 3.06. The summed E-state index contributed by atoms with van der Waals surface area (Å²) >= 11 is 0. The number of rotatable bonds is 4. The molecule has 3 atom stereocenters. The summed E-state index contributed by atoms with van der Waals surface area (Å²) in [6, 6.07) is 1.86. The molecule has 2 aliphatic carbocycles. The van der Waals surface area contributed by atoms with Crippen molar-refractivity contribution in [3.8, 4) is 11.5 Å². The Kier molecular flexibility index (Phi) is 3.11. The fourth-order valence-electron chi connectivity index (χ4n) is 3.88. The largest absolute Gasteiger partial charge is 0.496 e. The van der Waals surface area contributed by atoms with Gasteiger partial charge in [0.2, 0.25) is 0 Å². The molecular weight excluding hydrogens is 256 g/mol. The van der Waals surface area contributed by atoms with Crippen molar-refractivity contribution in [2.45, 2.75) is 43.9 Å². The Morgan fingerprint density at radius 3 is 2.45 bits per heavy atom. The van der Waals surface area contributed by atoms with Crippen LogP contribution in [0, 0.1) is 0 Å². The number of carbonyl (C=O) groups is 1. The molecule has 1 fully saturated rings. The van der Waals surface area contributed by atoms with Gasteiger partial charge >= 0.3 is 5.97 Å².